The average molecular weight is 489 g/mol. The third kappa shape index (κ3) is 4.52. The maximum Gasteiger partial charge on any atom is 0.226 e. The number of aromatic nitrogens is 2. The molecule has 1 saturated heterocycles. The third-order valence-corrected chi connectivity index (χ3v) is 7.77. The van der Waals surface area contributed by atoms with Crippen LogP contribution < -0.4 is 5.32 Å². The number of ether oxygens (including phenoxy) is 1. The van der Waals surface area contributed by atoms with Gasteiger partial charge in [-0.3, -0.25) is 9.59 Å². The van der Waals surface area contributed by atoms with Gasteiger partial charge in [0.15, 0.2) is 0 Å². The maximum absolute atomic E-state index is 13.6. The Morgan fingerprint density at radius 3 is 2.61 bits per heavy atom. The average Bonchev–Trinajstić information content (AvgIpc) is 3.42. The maximum atomic E-state index is 13.6. The number of likely N-dealkylation sites (tertiary alicyclic amines) is 1. The van der Waals surface area contributed by atoms with Crippen molar-refractivity contribution in [2.45, 2.75) is 59.1 Å². The van der Waals surface area contributed by atoms with Gasteiger partial charge in [0.1, 0.15) is 5.82 Å². The number of benzene rings is 2. The lowest BCUT2D eigenvalue weighted by Gasteiger charge is -2.40. The van der Waals surface area contributed by atoms with Crippen molar-refractivity contribution in [1.82, 2.24) is 14.5 Å². The van der Waals surface area contributed by atoms with Gasteiger partial charge < -0.3 is 19.5 Å². The minimum Gasteiger partial charge on any atom is -0.377 e. The molecule has 1 N–H and O–H groups in total. The van der Waals surface area contributed by atoms with E-state index in [1.165, 1.54) is 11.1 Å². The van der Waals surface area contributed by atoms with Gasteiger partial charge in [0, 0.05) is 37.7 Å². The Morgan fingerprint density at radius 2 is 1.86 bits per heavy atom. The van der Waals surface area contributed by atoms with E-state index < -0.39 is 0 Å². The summed E-state index contributed by atoms with van der Waals surface area (Å²) >= 11 is 0. The molecule has 1 aliphatic heterocycles. The smallest absolute Gasteiger partial charge is 0.226 e. The van der Waals surface area contributed by atoms with Crippen LogP contribution in [0, 0.1) is 25.7 Å². The number of nitrogens with one attached hydrogen (secondary N) is 1. The first-order valence-electron chi connectivity index (χ1n) is 12.9. The number of piperidine rings is 1. The van der Waals surface area contributed by atoms with Gasteiger partial charge in [0.05, 0.1) is 23.2 Å². The molecule has 3 aromatic rings. The van der Waals surface area contributed by atoms with Crippen LogP contribution in [0.25, 0.3) is 11.0 Å². The van der Waals surface area contributed by atoms with Gasteiger partial charge in [-0.2, -0.15) is 0 Å². The van der Waals surface area contributed by atoms with E-state index in [9.17, 15) is 9.59 Å². The van der Waals surface area contributed by atoms with E-state index in [1.807, 2.05) is 37.8 Å². The normalized spacial score (nSPS) is 21.7. The monoisotopic (exact) mass is 488 g/mol. The number of fused-ring (bicyclic) bond motifs is 2. The molecule has 0 spiro atoms. The SMILES string of the molecule is CO[C@@H]1CN(C(=O)[C@@H]2Cc3ccc(NC(=O)C(C)C)cc3C2)CC[C@H]1n1c(C)nc2cc(C)ccc21. The van der Waals surface area contributed by atoms with Crippen molar-refractivity contribution in [2.75, 3.05) is 25.5 Å². The van der Waals surface area contributed by atoms with E-state index >= 15 is 0 Å². The van der Waals surface area contributed by atoms with E-state index in [4.69, 9.17) is 9.72 Å². The Hall–Kier alpha value is -3.19. The van der Waals surface area contributed by atoms with Crippen molar-refractivity contribution in [3.63, 3.8) is 0 Å². The van der Waals surface area contributed by atoms with E-state index in [-0.39, 0.29) is 35.8 Å². The van der Waals surface area contributed by atoms with Gasteiger partial charge in [0.2, 0.25) is 11.8 Å². The molecule has 2 amide bonds. The second kappa shape index (κ2) is 9.69. The minimum atomic E-state index is -0.0956. The summed E-state index contributed by atoms with van der Waals surface area (Å²) in [5, 5.41) is 2.97. The van der Waals surface area contributed by atoms with Crippen molar-refractivity contribution in [3.8, 4) is 0 Å². The largest absolute Gasteiger partial charge is 0.377 e. The molecule has 3 atom stereocenters. The Bertz CT molecular complexity index is 1310. The molecule has 0 unspecified atom stereocenters. The second-order valence-corrected chi connectivity index (χ2v) is 10.7. The number of amides is 2. The van der Waals surface area contributed by atoms with E-state index in [1.54, 1.807) is 7.11 Å². The summed E-state index contributed by atoms with van der Waals surface area (Å²) in [7, 11) is 1.74. The predicted octanol–water partition coefficient (Wildman–Crippen LogP) is 4.45. The number of aryl methyl sites for hydroxylation is 2. The van der Waals surface area contributed by atoms with E-state index in [0.29, 0.717) is 19.5 Å². The van der Waals surface area contributed by atoms with Crippen LogP contribution in [0.1, 0.15) is 48.8 Å². The summed E-state index contributed by atoms with van der Waals surface area (Å²) in [5.74, 6) is 1.04. The molecule has 2 heterocycles. The Balaban J connectivity index is 1.28. The van der Waals surface area contributed by atoms with Gasteiger partial charge in [-0.15, -0.1) is 0 Å². The fourth-order valence-corrected chi connectivity index (χ4v) is 5.79. The standard InChI is InChI=1S/C29H36N4O3/c1-17(2)28(34)31-23-8-7-20-13-22(14-21(20)15-23)29(35)32-11-10-26(27(16-32)36-5)33-19(4)30-24-12-18(3)6-9-25(24)33/h6-9,12,15,17,22,26-27H,10-11,13-14,16H2,1-5H3,(H,31,34)/t22-,26-,27-/m1/s1. The number of carbonyl (C=O) groups is 2. The molecule has 5 rings (SSSR count). The van der Waals surface area contributed by atoms with E-state index in [2.05, 4.69) is 41.1 Å². The molecule has 1 fully saturated rings. The van der Waals surface area contributed by atoms with Crippen LogP contribution in [0.4, 0.5) is 5.69 Å². The fourth-order valence-electron chi connectivity index (χ4n) is 5.79. The fraction of sp³-hybridized carbons (Fsp3) is 0.483. The lowest BCUT2D eigenvalue weighted by atomic mass is 9.97. The van der Waals surface area contributed by atoms with Crippen molar-refractivity contribution in [2.24, 2.45) is 11.8 Å². The number of hydrogen-bond acceptors (Lipinski definition) is 4. The molecule has 2 aromatic carbocycles. The Labute approximate surface area is 212 Å². The highest BCUT2D eigenvalue weighted by atomic mass is 16.5. The molecule has 0 saturated carbocycles. The topological polar surface area (TPSA) is 76.5 Å². The van der Waals surface area contributed by atoms with Crippen LogP contribution >= 0.6 is 0 Å². The summed E-state index contributed by atoms with van der Waals surface area (Å²) in [5.41, 5.74) is 6.49. The third-order valence-electron chi connectivity index (χ3n) is 7.77. The predicted molar refractivity (Wildman–Crippen MR) is 141 cm³/mol. The quantitative estimate of drug-likeness (QED) is 0.576. The van der Waals surface area contributed by atoms with Gasteiger partial charge in [-0.05, 0) is 74.1 Å². The summed E-state index contributed by atoms with van der Waals surface area (Å²) in [6, 6.07) is 12.5. The molecule has 36 heavy (non-hydrogen) atoms. The van der Waals surface area contributed by atoms with Crippen molar-refractivity contribution in [1.29, 1.82) is 0 Å². The summed E-state index contributed by atoms with van der Waals surface area (Å²) in [6.45, 7) is 9.17. The number of rotatable bonds is 5. The van der Waals surface area contributed by atoms with Crippen LogP contribution in [-0.2, 0) is 27.2 Å². The van der Waals surface area contributed by atoms with Crippen LogP contribution in [0.15, 0.2) is 36.4 Å². The number of hydrogen-bond donors (Lipinski definition) is 1. The first kappa shape index (κ1) is 24.5. The molecule has 0 radical (unpaired) electrons. The lowest BCUT2D eigenvalue weighted by molar-refractivity contribution is -0.140. The second-order valence-electron chi connectivity index (χ2n) is 10.7. The van der Waals surface area contributed by atoms with Crippen LogP contribution in [0.3, 0.4) is 0 Å². The van der Waals surface area contributed by atoms with Crippen molar-refractivity contribution >= 4 is 28.5 Å². The number of carbonyl (C=O) groups excluding carboxylic acids is 2. The number of imidazole rings is 1. The number of nitrogens with zero attached hydrogens (tertiary/aromatic N) is 3. The number of anilines is 1. The summed E-state index contributed by atoms with van der Waals surface area (Å²) in [4.78, 5) is 32.4. The summed E-state index contributed by atoms with van der Waals surface area (Å²) < 4.78 is 8.24. The zero-order valence-electron chi connectivity index (χ0n) is 21.9. The first-order valence-corrected chi connectivity index (χ1v) is 12.9. The molecule has 1 aliphatic carbocycles. The zero-order valence-corrected chi connectivity index (χ0v) is 21.9. The molecule has 1 aromatic heterocycles. The van der Waals surface area contributed by atoms with Crippen molar-refractivity contribution < 1.29 is 14.3 Å². The molecule has 2 aliphatic rings. The van der Waals surface area contributed by atoms with Crippen LogP contribution in [0.2, 0.25) is 0 Å². The molecule has 0 bridgehead atoms. The van der Waals surface area contributed by atoms with Gasteiger partial charge in [-0.25, -0.2) is 4.98 Å². The highest BCUT2D eigenvalue weighted by Crippen LogP contribution is 2.34. The highest BCUT2D eigenvalue weighted by Gasteiger charge is 2.38. The molecular weight excluding hydrogens is 452 g/mol. The zero-order chi connectivity index (χ0) is 25.6. The van der Waals surface area contributed by atoms with Crippen LogP contribution in [0.5, 0.6) is 0 Å². The van der Waals surface area contributed by atoms with Crippen molar-refractivity contribution in [3.05, 3.63) is 58.9 Å². The van der Waals surface area contributed by atoms with Crippen LogP contribution in [-0.4, -0.2) is 52.6 Å². The summed E-state index contributed by atoms with van der Waals surface area (Å²) in [6.07, 6.45) is 2.19. The lowest BCUT2D eigenvalue weighted by Crippen LogP contribution is -2.50. The van der Waals surface area contributed by atoms with Gasteiger partial charge in [0.25, 0.3) is 0 Å². The van der Waals surface area contributed by atoms with E-state index in [0.717, 1.165) is 41.0 Å². The van der Waals surface area contributed by atoms with Gasteiger partial charge >= 0.3 is 0 Å². The molecule has 7 nitrogen and oxygen atoms in total. The molecule has 190 valence electrons. The van der Waals surface area contributed by atoms with Gasteiger partial charge in [-0.1, -0.05) is 26.0 Å². The Morgan fingerprint density at radius 1 is 1.08 bits per heavy atom. The minimum absolute atomic E-state index is 0.00472. The first-order chi connectivity index (χ1) is 17.2. The highest BCUT2D eigenvalue weighted by molar-refractivity contribution is 5.92. The molecule has 7 heteroatoms. The molecular formula is C29H36N4O3. The Kier molecular flexibility index (Phi) is 6.60. The number of methoxy groups -OCH3 is 1.